The van der Waals surface area contributed by atoms with Gasteiger partial charge >= 0.3 is 0 Å². The van der Waals surface area contributed by atoms with E-state index in [9.17, 15) is 0 Å². The largest absolute Gasteiger partial charge is 0.360 e. The summed E-state index contributed by atoms with van der Waals surface area (Å²) in [4.78, 5) is 22.6. The van der Waals surface area contributed by atoms with E-state index in [0.29, 0.717) is 5.92 Å². The molecule has 0 unspecified atom stereocenters. The zero-order valence-corrected chi connectivity index (χ0v) is 15.9. The molecule has 1 fully saturated rings. The summed E-state index contributed by atoms with van der Waals surface area (Å²) in [5.74, 6) is 3.39. The third kappa shape index (κ3) is 3.41. The van der Waals surface area contributed by atoms with Gasteiger partial charge in [0, 0.05) is 63.3 Å². The summed E-state index contributed by atoms with van der Waals surface area (Å²) in [5.41, 5.74) is 2.97. The fraction of sp³-hybridized carbons (Fsp3) is 0.444. The lowest BCUT2D eigenvalue weighted by molar-refractivity contribution is 0.473. The molecule has 0 amide bonds. The number of imidazole rings is 1. The summed E-state index contributed by atoms with van der Waals surface area (Å²) in [7, 11) is 4.02. The van der Waals surface area contributed by atoms with Gasteiger partial charge in [-0.1, -0.05) is 0 Å². The molecule has 4 heterocycles. The Hall–Kier alpha value is -2.48. The first-order valence-corrected chi connectivity index (χ1v) is 9.78. The van der Waals surface area contributed by atoms with E-state index >= 15 is 0 Å². The summed E-state index contributed by atoms with van der Waals surface area (Å²) in [6.07, 6.45) is 9.74. The average Bonchev–Trinajstić information content (AvgIpc) is 3.34. The monoisotopic (exact) mass is 369 g/mol. The van der Waals surface area contributed by atoms with Crippen molar-refractivity contribution >= 4 is 23.0 Å². The molecule has 0 saturated carbocycles. The molecule has 0 aromatic carbocycles. The van der Waals surface area contributed by atoms with Crippen molar-refractivity contribution in [1.29, 1.82) is 0 Å². The van der Waals surface area contributed by atoms with Crippen LogP contribution in [0.2, 0.25) is 0 Å². The fourth-order valence-corrected chi connectivity index (χ4v) is 4.10. The number of hydrogen-bond donors (Lipinski definition) is 0. The molecule has 136 valence electrons. The Kier molecular flexibility index (Phi) is 4.83. The molecule has 26 heavy (non-hydrogen) atoms. The Bertz CT molecular complexity index is 843. The van der Waals surface area contributed by atoms with Crippen LogP contribution in [-0.4, -0.2) is 51.7 Å². The van der Waals surface area contributed by atoms with Gasteiger partial charge in [-0.15, -0.1) is 11.3 Å². The Labute approximate surface area is 157 Å². The third-order valence-corrected chi connectivity index (χ3v) is 5.37. The minimum atomic E-state index is 0.384. The Morgan fingerprint density at radius 3 is 2.85 bits per heavy atom. The standard InChI is InChI=1S/C18H23N7S/c1-23(2)17-18(20-6-5-19-17)24-8-3-4-14(10-24)16-21-7-9-25(16)11-15-12-26-13-22-15/h5-7,9,12-14H,3-4,8,10-11H2,1-2H3/t14-/m0/s1. The Morgan fingerprint density at radius 2 is 2.04 bits per heavy atom. The molecule has 4 rings (SSSR count). The van der Waals surface area contributed by atoms with Crippen molar-refractivity contribution in [3.8, 4) is 0 Å². The van der Waals surface area contributed by atoms with Crippen molar-refractivity contribution in [2.45, 2.75) is 25.3 Å². The summed E-state index contributed by atoms with van der Waals surface area (Å²) in [6, 6.07) is 0. The predicted molar refractivity (Wildman–Crippen MR) is 104 cm³/mol. The van der Waals surface area contributed by atoms with E-state index in [-0.39, 0.29) is 0 Å². The molecule has 0 spiro atoms. The lowest BCUT2D eigenvalue weighted by Gasteiger charge is -2.34. The van der Waals surface area contributed by atoms with Crippen LogP contribution in [0.4, 0.5) is 11.6 Å². The van der Waals surface area contributed by atoms with Crippen LogP contribution in [0.25, 0.3) is 0 Å². The lowest BCUT2D eigenvalue weighted by Crippen LogP contribution is -2.37. The normalized spacial score (nSPS) is 17.5. The maximum atomic E-state index is 4.67. The van der Waals surface area contributed by atoms with Gasteiger partial charge in [-0.25, -0.2) is 19.9 Å². The summed E-state index contributed by atoms with van der Waals surface area (Å²) in [5, 5.41) is 2.10. The highest BCUT2D eigenvalue weighted by molar-refractivity contribution is 7.07. The Morgan fingerprint density at radius 1 is 1.15 bits per heavy atom. The highest BCUT2D eigenvalue weighted by atomic mass is 32.1. The maximum absolute atomic E-state index is 4.67. The van der Waals surface area contributed by atoms with Crippen molar-refractivity contribution in [1.82, 2.24) is 24.5 Å². The second-order valence-corrected chi connectivity index (χ2v) is 7.49. The van der Waals surface area contributed by atoms with Crippen molar-refractivity contribution in [3.05, 3.63) is 47.2 Å². The van der Waals surface area contributed by atoms with Crippen molar-refractivity contribution in [2.24, 2.45) is 0 Å². The highest BCUT2D eigenvalue weighted by Crippen LogP contribution is 2.31. The average molecular weight is 369 g/mol. The van der Waals surface area contributed by atoms with Crippen LogP contribution in [0.1, 0.15) is 30.3 Å². The topological polar surface area (TPSA) is 63.0 Å². The SMILES string of the molecule is CN(C)c1nccnc1N1CCC[C@H](c2nccn2Cc2cscn2)C1. The van der Waals surface area contributed by atoms with Crippen LogP contribution in [0.5, 0.6) is 0 Å². The molecule has 1 aliphatic heterocycles. The van der Waals surface area contributed by atoms with Crippen LogP contribution >= 0.6 is 11.3 Å². The smallest absolute Gasteiger partial charge is 0.171 e. The van der Waals surface area contributed by atoms with Crippen molar-refractivity contribution in [2.75, 3.05) is 37.0 Å². The summed E-state index contributed by atoms with van der Waals surface area (Å²) >= 11 is 1.63. The van der Waals surface area contributed by atoms with E-state index in [2.05, 4.69) is 41.0 Å². The Balaban J connectivity index is 1.56. The molecule has 3 aromatic rings. The van der Waals surface area contributed by atoms with Crippen LogP contribution in [0, 0.1) is 0 Å². The molecule has 3 aromatic heterocycles. The zero-order valence-electron chi connectivity index (χ0n) is 15.1. The van der Waals surface area contributed by atoms with Gasteiger partial charge in [0.1, 0.15) is 5.82 Å². The molecule has 1 saturated heterocycles. The van der Waals surface area contributed by atoms with Crippen LogP contribution < -0.4 is 9.80 Å². The number of anilines is 2. The maximum Gasteiger partial charge on any atom is 0.171 e. The first-order chi connectivity index (χ1) is 12.7. The number of nitrogens with zero attached hydrogens (tertiary/aromatic N) is 7. The minimum absolute atomic E-state index is 0.384. The molecule has 7 nitrogen and oxygen atoms in total. The molecule has 8 heteroatoms. The number of thiazole rings is 1. The van der Waals surface area contributed by atoms with E-state index in [4.69, 9.17) is 0 Å². The van der Waals surface area contributed by atoms with Crippen LogP contribution in [0.3, 0.4) is 0 Å². The third-order valence-electron chi connectivity index (χ3n) is 4.73. The number of aromatic nitrogens is 5. The highest BCUT2D eigenvalue weighted by Gasteiger charge is 2.27. The van der Waals surface area contributed by atoms with Crippen molar-refractivity contribution in [3.63, 3.8) is 0 Å². The molecule has 1 aliphatic rings. The lowest BCUT2D eigenvalue weighted by atomic mass is 9.97. The summed E-state index contributed by atoms with van der Waals surface area (Å²) < 4.78 is 2.23. The van der Waals surface area contributed by atoms with Gasteiger partial charge in [0.25, 0.3) is 0 Å². The first kappa shape index (κ1) is 17.0. The number of hydrogen-bond acceptors (Lipinski definition) is 7. The molecule has 0 aliphatic carbocycles. The molecular weight excluding hydrogens is 346 g/mol. The van der Waals surface area contributed by atoms with Gasteiger partial charge in [-0.2, -0.15) is 0 Å². The zero-order chi connectivity index (χ0) is 17.9. The van der Waals surface area contributed by atoms with E-state index in [1.807, 2.05) is 30.7 Å². The predicted octanol–water partition coefficient (Wildman–Crippen LogP) is 2.63. The van der Waals surface area contributed by atoms with Crippen LogP contribution in [-0.2, 0) is 6.54 Å². The second kappa shape index (κ2) is 7.41. The molecule has 0 radical (unpaired) electrons. The van der Waals surface area contributed by atoms with Gasteiger partial charge < -0.3 is 14.4 Å². The van der Waals surface area contributed by atoms with E-state index in [0.717, 1.165) is 55.6 Å². The molecule has 0 N–H and O–H groups in total. The second-order valence-electron chi connectivity index (χ2n) is 6.78. The molecule has 0 bridgehead atoms. The van der Waals surface area contributed by atoms with Gasteiger partial charge in [0.2, 0.25) is 0 Å². The number of rotatable bonds is 5. The van der Waals surface area contributed by atoms with E-state index < -0.39 is 0 Å². The summed E-state index contributed by atoms with van der Waals surface area (Å²) in [6.45, 7) is 2.69. The van der Waals surface area contributed by atoms with E-state index in [1.54, 1.807) is 23.7 Å². The van der Waals surface area contributed by atoms with Gasteiger partial charge in [-0.3, -0.25) is 0 Å². The van der Waals surface area contributed by atoms with Crippen LogP contribution in [0.15, 0.2) is 35.7 Å². The fourth-order valence-electron chi connectivity index (χ4n) is 3.55. The number of piperidine rings is 1. The van der Waals surface area contributed by atoms with Gasteiger partial charge in [0.05, 0.1) is 17.7 Å². The van der Waals surface area contributed by atoms with Gasteiger partial charge in [-0.05, 0) is 12.8 Å². The van der Waals surface area contributed by atoms with Crippen molar-refractivity contribution < 1.29 is 0 Å². The minimum Gasteiger partial charge on any atom is -0.360 e. The molecule has 1 atom stereocenters. The molecular formula is C18H23N7S. The first-order valence-electron chi connectivity index (χ1n) is 8.83. The quantitative estimate of drug-likeness (QED) is 0.689. The van der Waals surface area contributed by atoms with E-state index in [1.165, 1.54) is 0 Å². The van der Waals surface area contributed by atoms with Gasteiger partial charge in [0.15, 0.2) is 11.6 Å².